The molecule has 2 unspecified atom stereocenters. The van der Waals surface area contributed by atoms with Gasteiger partial charge in [0.2, 0.25) is 0 Å². The normalized spacial score (nSPS) is 11.5. The predicted octanol–water partition coefficient (Wildman–Crippen LogP) is 1.93. The van der Waals surface area contributed by atoms with Crippen molar-refractivity contribution in [3.8, 4) is 11.5 Å². The smallest absolute Gasteiger partial charge is 0.320 e. The summed E-state index contributed by atoms with van der Waals surface area (Å²) in [6.07, 6.45) is 0.547. The molecule has 0 aromatic heterocycles. The summed E-state index contributed by atoms with van der Waals surface area (Å²) in [5, 5.41) is 35.0. The zero-order valence-electron chi connectivity index (χ0n) is 14.8. The van der Waals surface area contributed by atoms with Gasteiger partial charge < -0.3 is 31.9 Å². The van der Waals surface area contributed by atoms with Gasteiger partial charge in [0.1, 0.15) is 23.6 Å². The summed E-state index contributed by atoms with van der Waals surface area (Å²) in [5.74, 6) is -1.72. The van der Waals surface area contributed by atoms with Crippen LogP contribution in [-0.2, 0) is 22.4 Å². The van der Waals surface area contributed by atoms with Crippen molar-refractivity contribution in [1.29, 1.82) is 0 Å². The molecule has 2 aromatic carbocycles. The van der Waals surface area contributed by atoms with Crippen molar-refractivity contribution in [1.82, 2.24) is 0 Å². The lowest BCUT2D eigenvalue weighted by Crippen LogP contribution is -2.32. The quantitative estimate of drug-likeness (QED) is 0.267. The molecule has 0 amide bonds. The molecular formula is C18H24I2N2O6. The summed E-state index contributed by atoms with van der Waals surface area (Å²) in [5.41, 5.74) is 12.2. The lowest BCUT2D eigenvalue weighted by atomic mass is 10.1. The zero-order valence-corrected chi connectivity index (χ0v) is 19.4. The van der Waals surface area contributed by atoms with Crippen molar-refractivity contribution in [3.05, 3.63) is 59.7 Å². The molecule has 2 aromatic rings. The number of halogens is 2. The average molecular weight is 618 g/mol. The number of rotatable bonds is 6. The van der Waals surface area contributed by atoms with E-state index < -0.39 is 24.0 Å². The minimum Gasteiger partial charge on any atom is -0.508 e. The highest BCUT2D eigenvalue weighted by Gasteiger charge is 2.12. The predicted molar refractivity (Wildman–Crippen MR) is 126 cm³/mol. The average Bonchev–Trinajstić information content (AvgIpc) is 2.59. The van der Waals surface area contributed by atoms with Gasteiger partial charge in [0.05, 0.1) is 0 Å². The highest BCUT2D eigenvalue weighted by atomic mass is 127. The molecule has 0 saturated carbocycles. The fourth-order valence-corrected chi connectivity index (χ4v) is 1.95. The van der Waals surface area contributed by atoms with Crippen LogP contribution in [0.1, 0.15) is 11.1 Å². The second-order valence-electron chi connectivity index (χ2n) is 5.63. The van der Waals surface area contributed by atoms with Crippen LogP contribution in [-0.4, -0.2) is 44.4 Å². The van der Waals surface area contributed by atoms with Gasteiger partial charge in [-0.3, -0.25) is 9.59 Å². The molecule has 0 aliphatic carbocycles. The Hall–Kier alpha value is -1.64. The molecule has 0 aliphatic rings. The van der Waals surface area contributed by atoms with Gasteiger partial charge in [-0.05, 0) is 48.2 Å². The number of aliphatic carboxylic acids is 2. The molecular weight excluding hydrogens is 594 g/mol. The van der Waals surface area contributed by atoms with Crippen LogP contribution < -0.4 is 11.5 Å². The Bertz CT molecular complexity index is 662. The summed E-state index contributed by atoms with van der Waals surface area (Å²) < 4.78 is 0. The van der Waals surface area contributed by atoms with Crippen LogP contribution in [0.25, 0.3) is 0 Å². The van der Waals surface area contributed by atoms with Crippen LogP contribution in [0.2, 0.25) is 0 Å². The Balaban J connectivity index is 0. The Kier molecular flexibility index (Phi) is 14.7. The zero-order chi connectivity index (χ0) is 19.7. The molecule has 156 valence electrons. The maximum Gasteiger partial charge on any atom is 0.320 e. The maximum absolute atomic E-state index is 10.4. The molecule has 0 heterocycles. The van der Waals surface area contributed by atoms with E-state index in [1.54, 1.807) is 24.3 Å². The lowest BCUT2D eigenvalue weighted by Gasteiger charge is -2.05. The first kappa shape index (κ1) is 28.6. The highest BCUT2D eigenvalue weighted by molar-refractivity contribution is 14.0. The standard InChI is InChI=1S/2C9H11NO3.2HI/c2*10-8(9(12)13)5-6-1-3-7(11)4-2-6;;/h2*1-4,8,11H,5,10H2,(H,12,13);2*1H. The summed E-state index contributed by atoms with van der Waals surface area (Å²) in [4.78, 5) is 20.8. The molecule has 2 atom stereocenters. The van der Waals surface area contributed by atoms with E-state index in [1.165, 1.54) is 24.3 Å². The Morgan fingerprint density at radius 1 is 0.679 bits per heavy atom. The molecule has 10 heteroatoms. The minimum absolute atomic E-state index is 0. The second-order valence-corrected chi connectivity index (χ2v) is 5.63. The van der Waals surface area contributed by atoms with Crippen molar-refractivity contribution in [2.45, 2.75) is 24.9 Å². The van der Waals surface area contributed by atoms with Crippen LogP contribution in [0.5, 0.6) is 11.5 Å². The lowest BCUT2D eigenvalue weighted by molar-refractivity contribution is -0.139. The SMILES string of the molecule is I.I.NC(Cc1ccc(O)cc1)C(=O)O.NC(Cc1ccc(O)cc1)C(=O)O. The number of carboxylic acids is 2. The number of carbonyl (C=O) groups is 2. The van der Waals surface area contributed by atoms with E-state index in [0.717, 1.165) is 11.1 Å². The molecule has 0 saturated heterocycles. The van der Waals surface area contributed by atoms with E-state index in [1.807, 2.05) is 0 Å². The number of nitrogens with two attached hydrogens (primary N) is 2. The number of carboxylic acid groups (broad SMARTS) is 2. The number of hydrogen-bond acceptors (Lipinski definition) is 6. The van der Waals surface area contributed by atoms with E-state index >= 15 is 0 Å². The maximum atomic E-state index is 10.4. The van der Waals surface area contributed by atoms with Gasteiger partial charge in [-0.25, -0.2) is 0 Å². The number of hydrogen-bond donors (Lipinski definition) is 6. The second kappa shape index (κ2) is 14.4. The van der Waals surface area contributed by atoms with Crippen LogP contribution in [0, 0.1) is 0 Å². The Morgan fingerprint density at radius 3 is 1.14 bits per heavy atom. The van der Waals surface area contributed by atoms with Gasteiger partial charge in [0.25, 0.3) is 0 Å². The molecule has 8 nitrogen and oxygen atoms in total. The number of aromatic hydroxyl groups is 2. The van der Waals surface area contributed by atoms with Crippen LogP contribution >= 0.6 is 48.0 Å². The van der Waals surface area contributed by atoms with E-state index in [4.69, 9.17) is 31.9 Å². The summed E-state index contributed by atoms with van der Waals surface area (Å²) in [7, 11) is 0. The largest absolute Gasteiger partial charge is 0.508 e. The number of benzene rings is 2. The van der Waals surface area contributed by atoms with Gasteiger partial charge in [0.15, 0.2) is 0 Å². The van der Waals surface area contributed by atoms with Gasteiger partial charge >= 0.3 is 11.9 Å². The monoisotopic (exact) mass is 618 g/mol. The molecule has 0 bridgehead atoms. The topological polar surface area (TPSA) is 167 Å². The van der Waals surface area contributed by atoms with Crippen LogP contribution in [0.4, 0.5) is 0 Å². The molecule has 0 spiro atoms. The third-order valence-electron chi connectivity index (χ3n) is 3.42. The van der Waals surface area contributed by atoms with Gasteiger partial charge in [-0.2, -0.15) is 0 Å². The van der Waals surface area contributed by atoms with E-state index in [-0.39, 0.29) is 72.3 Å². The fraction of sp³-hybridized carbons (Fsp3) is 0.222. The number of phenolic OH excluding ortho intramolecular Hbond substituents is 2. The van der Waals surface area contributed by atoms with Crippen molar-refractivity contribution < 1.29 is 30.0 Å². The summed E-state index contributed by atoms with van der Waals surface area (Å²) in [6.45, 7) is 0. The van der Waals surface area contributed by atoms with Crippen LogP contribution in [0.15, 0.2) is 48.5 Å². The first-order valence-corrected chi connectivity index (χ1v) is 7.71. The first-order chi connectivity index (χ1) is 12.2. The molecule has 8 N–H and O–H groups in total. The Labute approximate surface area is 196 Å². The summed E-state index contributed by atoms with van der Waals surface area (Å²) >= 11 is 0. The minimum atomic E-state index is -1.02. The molecule has 28 heavy (non-hydrogen) atoms. The first-order valence-electron chi connectivity index (χ1n) is 7.71. The van der Waals surface area contributed by atoms with Crippen molar-refractivity contribution in [2.75, 3.05) is 0 Å². The van der Waals surface area contributed by atoms with Crippen molar-refractivity contribution in [2.24, 2.45) is 11.5 Å². The molecule has 2 rings (SSSR count). The van der Waals surface area contributed by atoms with Gasteiger partial charge in [-0.1, -0.05) is 24.3 Å². The number of phenols is 2. The molecule has 0 aliphatic heterocycles. The third-order valence-corrected chi connectivity index (χ3v) is 3.42. The fourth-order valence-electron chi connectivity index (χ4n) is 1.95. The van der Waals surface area contributed by atoms with Crippen LogP contribution in [0.3, 0.4) is 0 Å². The van der Waals surface area contributed by atoms with Gasteiger partial charge in [0, 0.05) is 0 Å². The van der Waals surface area contributed by atoms with E-state index in [2.05, 4.69) is 0 Å². The highest BCUT2D eigenvalue weighted by Crippen LogP contribution is 2.11. The van der Waals surface area contributed by atoms with Crippen molar-refractivity contribution in [3.63, 3.8) is 0 Å². The van der Waals surface area contributed by atoms with Crippen molar-refractivity contribution >= 4 is 59.9 Å². The van der Waals surface area contributed by atoms with E-state index in [0.29, 0.717) is 0 Å². The molecule has 0 fully saturated rings. The third kappa shape index (κ3) is 11.3. The van der Waals surface area contributed by atoms with Gasteiger partial charge in [-0.15, -0.1) is 48.0 Å². The Morgan fingerprint density at radius 2 is 0.929 bits per heavy atom. The van der Waals surface area contributed by atoms with E-state index in [9.17, 15) is 9.59 Å². The summed E-state index contributed by atoms with van der Waals surface area (Å²) in [6, 6.07) is 10.8. The molecule has 0 radical (unpaired) electrons.